The molecule has 0 amide bonds. The van der Waals surface area contributed by atoms with Crippen LogP contribution in [0.15, 0.2) is 33.7 Å². The van der Waals surface area contributed by atoms with E-state index in [1.807, 2.05) is 12.1 Å². The lowest BCUT2D eigenvalue weighted by atomic mass is 10.00. The maximum atomic E-state index is 5.41. The summed E-state index contributed by atoms with van der Waals surface area (Å²) in [6.45, 7) is 2.03. The fourth-order valence-corrected chi connectivity index (χ4v) is 2.73. The molecule has 0 aliphatic carbocycles. The molecule has 1 unspecified atom stereocenters. The molecule has 0 saturated carbocycles. The maximum Gasteiger partial charge on any atom is 0.231 e. The second-order valence-electron chi connectivity index (χ2n) is 4.73. The molecule has 1 saturated heterocycles. The summed E-state index contributed by atoms with van der Waals surface area (Å²) in [5.41, 5.74) is 1.01. The molecule has 0 radical (unpaired) electrons. The zero-order valence-corrected chi connectivity index (χ0v) is 11.7. The van der Waals surface area contributed by atoms with Gasteiger partial charge in [0.15, 0.2) is 0 Å². The molecule has 1 aliphatic heterocycles. The van der Waals surface area contributed by atoms with Crippen LogP contribution in [0.1, 0.15) is 24.7 Å². The van der Waals surface area contributed by atoms with Gasteiger partial charge in [0.2, 0.25) is 11.7 Å². The number of rotatable bonds is 3. The molecule has 0 bridgehead atoms. The molecule has 1 aliphatic rings. The van der Waals surface area contributed by atoms with Crippen LogP contribution in [-0.2, 0) is 0 Å². The first-order valence-electron chi connectivity index (χ1n) is 6.55. The molecule has 0 spiro atoms. The summed E-state index contributed by atoms with van der Waals surface area (Å²) in [6.07, 6.45) is 4.36. The van der Waals surface area contributed by atoms with Crippen LogP contribution in [0, 0.1) is 0 Å². The van der Waals surface area contributed by atoms with Crippen LogP contribution in [0.5, 0.6) is 0 Å². The Kier molecular flexibility index (Phi) is 3.84. The van der Waals surface area contributed by atoms with Gasteiger partial charge in [-0.25, -0.2) is 0 Å². The van der Waals surface area contributed by atoms with Gasteiger partial charge >= 0.3 is 0 Å². The Hall–Kier alpha value is -1.33. The third kappa shape index (κ3) is 2.82. The summed E-state index contributed by atoms with van der Waals surface area (Å²) in [7, 11) is 0. The Morgan fingerprint density at radius 2 is 2.16 bits per heavy atom. The molecule has 1 atom stereocenters. The quantitative estimate of drug-likeness (QED) is 0.873. The minimum Gasteiger partial charge on any atom is -0.339 e. The number of hydrogen-bond acceptors (Lipinski definition) is 5. The van der Waals surface area contributed by atoms with E-state index in [1.165, 1.54) is 11.3 Å². The molecule has 2 aromatic rings. The molecule has 19 heavy (non-hydrogen) atoms. The van der Waals surface area contributed by atoms with Gasteiger partial charge in [-0.3, -0.25) is 0 Å². The zero-order valence-electron chi connectivity index (χ0n) is 10.9. The molecule has 1 fully saturated rings. The van der Waals surface area contributed by atoms with Crippen LogP contribution < -0.4 is 5.32 Å². The summed E-state index contributed by atoms with van der Waals surface area (Å²) < 4.78 is 5.41. The van der Waals surface area contributed by atoms with Crippen molar-refractivity contribution in [3.8, 4) is 11.4 Å². The predicted octanol–water partition coefficient (Wildman–Crippen LogP) is 2.93. The fourth-order valence-electron chi connectivity index (χ4n) is 2.32. The largest absolute Gasteiger partial charge is 0.339 e. The van der Waals surface area contributed by atoms with Gasteiger partial charge in [0.25, 0.3) is 0 Å². The van der Waals surface area contributed by atoms with Crippen molar-refractivity contribution in [3.63, 3.8) is 0 Å². The summed E-state index contributed by atoms with van der Waals surface area (Å²) in [5, 5.41) is 7.46. The Morgan fingerprint density at radius 3 is 2.84 bits per heavy atom. The SMILES string of the molecule is CSc1ccc(-c2noc(C3CCCNC3)n2)cc1. The molecule has 1 N–H and O–H groups in total. The lowest BCUT2D eigenvalue weighted by Crippen LogP contribution is -2.28. The van der Waals surface area contributed by atoms with Gasteiger partial charge in [0.1, 0.15) is 0 Å². The summed E-state index contributed by atoms with van der Waals surface area (Å²) in [4.78, 5) is 5.77. The number of thioether (sulfide) groups is 1. The summed E-state index contributed by atoms with van der Waals surface area (Å²) in [5.74, 6) is 1.81. The summed E-state index contributed by atoms with van der Waals surface area (Å²) in [6, 6.07) is 8.25. The van der Waals surface area contributed by atoms with Gasteiger partial charge in [0.05, 0.1) is 5.92 Å². The Balaban J connectivity index is 1.79. The highest BCUT2D eigenvalue weighted by molar-refractivity contribution is 7.98. The third-order valence-corrected chi connectivity index (χ3v) is 4.18. The number of piperidine rings is 1. The maximum absolute atomic E-state index is 5.41. The highest BCUT2D eigenvalue weighted by atomic mass is 32.2. The average Bonchev–Trinajstić information content (AvgIpc) is 2.98. The van der Waals surface area contributed by atoms with Gasteiger partial charge in [-0.1, -0.05) is 5.16 Å². The van der Waals surface area contributed by atoms with E-state index in [1.54, 1.807) is 11.8 Å². The zero-order chi connectivity index (χ0) is 13.1. The number of aromatic nitrogens is 2. The highest BCUT2D eigenvalue weighted by Crippen LogP contribution is 2.25. The fraction of sp³-hybridized carbons (Fsp3) is 0.429. The van der Waals surface area contributed by atoms with Crippen LogP contribution >= 0.6 is 11.8 Å². The van der Waals surface area contributed by atoms with Crippen LogP contribution in [0.3, 0.4) is 0 Å². The molecular formula is C14H17N3OS. The monoisotopic (exact) mass is 275 g/mol. The molecular weight excluding hydrogens is 258 g/mol. The van der Waals surface area contributed by atoms with Crippen molar-refractivity contribution in [2.45, 2.75) is 23.7 Å². The molecule has 2 heterocycles. The predicted molar refractivity (Wildman–Crippen MR) is 76.4 cm³/mol. The molecule has 1 aromatic carbocycles. The average molecular weight is 275 g/mol. The first kappa shape index (κ1) is 12.7. The van der Waals surface area contributed by atoms with Crippen molar-refractivity contribution in [1.82, 2.24) is 15.5 Å². The van der Waals surface area contributed by atoms with Crippen LogP contribution in [0.2, 0.25) is 0 Å². The lowest BCUT2D eigenvalue weighted by Gasteiger charge is -2.18. The van der Waals surface area contributed by atoms with Crippen molar-refractivity contribution in [2.24, 2.45) is 0 Å². The van der Waals surface area contributed by atoms with E-state index in [0.29, 0.717) is 11.7 Å². The minimum atomic E-state index is 0.362. The van der Waals surface area contributed by atoms with Gasteiger partial charge in [-0.2, -0.15) is 4.98 Å². The van der Waals surface area contributed by atoms with Gasteiger partial charge < -0.3 is 9.84 Å². The lowest BCUT2D eigenvalue weighted by molar-refractivity contribution is 0.322. The van der Waals surface area contributed by atoms with E-state index in [9.17, 15) is 0 Å². The van der Waals surface area contributed by atoms with Crippen LogP contribution in [0.25, 0.3) is 11.4 Å². The van der Waals surface area contributed by atoms with Gasteiger partial charge in [-0.05, 0) is 49.9 Å². The van der Waals surface area contributed by atoms with E-state index < -0.39 is 0 Å². The van der Waals surface area contributed by atoms with Crippen molar-refractivity contribution in [2.75, 3.05) is 19.3 Å². The van der Waals surface area contributed by atoms with Crippen LogP contribution in [0.4, 0.5) is 0 Å². The molecule has 4 nitrogen and oxygen atoms in total. The standard InChI is InChI=1S/C14H17N3OS/c1-19-12-6-4-10(5-7-12)13-16-14(18-17-13)11-3-2-8-15-9-11/h4-7,11,15H,2-3,8-9H2,1H3. The van der Waals surface area contributed by atoms with Crippen LogP contribution in [-0.4, -0.2) is 29.5 Å². The summed E-state index contributed by atoms with van der Waals surface area (Å²) >= 11 is 1.73. The van der Waals surface area contributed by atoms with Crippen molar-refractivity contribution >= 4 is 11.8 Å². The van der Waals surface area contributed by atoms with Crippen molar-refractivity contribution < 1.29 is 4.52 Å². The molecule has 1 aromatic heterocycles. The smallest absolute Gasteiger partial charge is 0.231 e. The number of nitrogens with zero attached hydrogens (tertiary/aromatic N) is 2. The van der Waals surface area contributed by atoms with Crippen molar-refractivity contribution in [3.05, 3.63) is 30.2 Å². The third-order valence-electron chi connectivity index (χ3n) is 3.44. The Morgan fingerprint density at radius 1 is 1.32 bits per heavy atom. The van der Waals surface area contributed by atoms with Crippen molar-refractivity contribution in [1.29, 1.82) is 0 Å². The Bertz CT molecular complexity index is 532. The second kappa shape index (κ2) is 5.75. The van der Waals surface area contributed by atoms with E-state index in [-0.39, 0.29) is 0 Å². The number of nitrogens with one attached hydrogen (secondary N) is 1. The Labute approximate surface area is 117 Å². The first-order valence-corrected chi connectivity index (χ1v) is 7.78. The van der Waals surface area contributed by atoms with E-state index in [4.69, 9.17) is 4.52 Å². The van der Waals surface area contributed by atoms with E-state index in [2.05, 4.69) is 33.8 Å². The number of hydrogen-bond donors (Lipinski definition) is 1. The van der Waals surface area contributed by atoms with E-state index in [0.717, 1.165) is 31.0 Å². The normalized spacial score (nSPS) is 19.5. The first-order chi connectivity index (χ1) is 9.36. The second-order valence-corrected chi connectivity index (χ2v) is 5.61. The topological polar surface area (TPSA) is 51.0 Å². The highest BCUT2D eigenvalue weighted by Gasteiger charge is 2.21. The van der Waals surface area contributed by atoms with E-state index >= 15 is 0 Å². The van der Waals surface area contributed by atoms with Gasteiger partial charge in [-0.15, -0.1) is 11.8 Å². The molecule has 100 valence electrons. The van der Waals surface area contributed by atoms with Gasteiger partial charge in [0, 0.05) is 17.0 Å². The number of benzene rings is 1. The minimum absolute atomic E-state index is 0.362. The molecule has 5 heteroatoms. The molecule has 3 rings (SSSR count).